The van der Waals surface area contributed by atoms with Crippen LogP contribution in [-0.2, 0) is 9.53 Å². The molecule has 0 bridgehead atoms. The third kappa shape index (κ3) is 4.27. The van der Waals surface area contributed by atoms with Gasteiger partial charge in [-0.05, 0) is 31.9 Å². The molecule has 2 heterocycles. The molecule has 1 unspecified atom stereocenters. The van der Waals surface area contributed by atoms with Crippen LogP contribution in [-0.4, -0.2) is 36.8 Å². The number of rotatable bonds is 3. The predicted molar refractivity (Wildman–Crippen MR) is 69.7 cm³/mol. The van der Waals surface area contributed by atoms with Gasteiger partial charge in [0.1, 0.15) is 11.8 Å². The van der Waals surface area contributed by atoms with Gasteiger partial charge in [0.05, 0.1) is 6.61 Å². The summed E-state index contributed by atoms with van der Waals surface area (Å²) in [7, 11) is 0. The topological polar surface area (TPSA) is 60.5 Å². The van der Waals surface area contributed by atoms with Crippen LogP contribution in [0.1, 0.15) is 19.0 Å². The smallest absolute Gasteiger partial charge is 0.384 e. The van der Waals surface area contributed by atoms with E-state index in [4.69, 9.17) is 9.47 Å². The lowest BCUT2D eigenvalue weighted by molar-refractivity contribution is -0.136. The van der Waals surface area contributed by atoms with Gasteiger partial charge in [-0.3, -0.25) is 0 Å². The van der Waals surface area contributed by atoms with E-state index in [9.17, 15) is 4.79 Å². The maximum Gasteiger partial charge on any atom is 0.384 e. The summed E-state index contributed by atoms with van der Waals surface area (Å²) in [6, 6.07) is 5.32. The summed E-state index contributed by atoms with van der Waals surface area (Å²) in [5, 5.41) is 3.22. The van der Waals surface area contributed by atoms with E-state index < -0.39 is 5.97 Å². The van der Waals surface area contributed by atoms with Gasteiger partial charge in [-0.2, -0.15) is 0 Å². The average Bonchev–Trinajstić information content (AvgIpc) is 2.90. The van der Waals surface area contributed by atoms with Crippen LogP contribution in [0.2, 0.25) is 0 Å². The predicted octanol–water partition coefficient (Wildman–Crippen LogP) is 0.737. The summed E-state index contributed by atoms with van der Waals surface area (Å²) in [5.74, 6) is 5.03. The fourth-order valence-corrected chi connectivity index (χ4v) is 1.73. The fraction of sp³-hybridized carbons (Fsp3) is 0.429. The molecule has 0 radical (unpaired) electrons. The number of hydrogen-bond donors (Lipinski definition) is 1. The molecular formula is C14H16N2O3. The molecular weight excluding hydrogens is 244 g/mol. The molecule has 0 aromatic carbocycles. The van der Waals surface area contributed by atoms with Crippen molar-refractivity contribution in [1.29, 1.82) is 0 Å². The van der Waals surface area contributed by atoms with Gasteiger partial charge in [-0.1, -0.05) is 6.07 Å². The molecule has 0 saturated carbocycles. The van der Waals surface area contributed by atoms with Crippen LogP contribution in [0.15, 0.2) is 18.2 Å². The van der Waals surface area contributed by atoms with Gasteiger partial charge in [0.15, 0.2) is 0 Å². The van der Waals surface area contributed by atoms with Crippen molar-refractivity contribution in [2.24, 2.45) is 0 Å². The van der Waals surface area contributed by atoms with Crippen molar-refractivity contribution in [2.45, 2.75) is 19.4 Å². The van der Waals surface area contributed by atoms with Crippen molar-refractivity contribution in [3.05, 3.63) is 23.9 Å². The molecule has 2 rings (SSSR count). The van der Waals surface area contributed by atoms with Crippen molar-refractivity contribution in [2.75, 3.05) is 19.7 Å². The van der Waals surface area contributed by atoms with Gasteiger partial charge in [-0.25, -0.2) is 9.78 Å². The quantitative estimate of drug-likeness (QED) is 0.641. The van der Waals surface area contributed by atoms with E-state index in [0.29, 0.717) is 18.2 Å². The van der Waals surface area contributed by atoms with E-state index in [1.165, 1.54) is 0 Å². The van der Waals surface area contributed by atoms with Crippen LogP contribution >= 0.6 is 0 Å². The second-order valence-corrected chi connectivity index (χ2v) is 4.06. The van der Waals surface area contributed by atoms with E-state index in [-0.39, 0.29) is 6.10 Å². The molecule has 5 nitrogen and oxygen atoms in total. The highest BCUT2D eigenvalue weighted by molar-refractivity contribution is 5.88. The van der Waals surface area contributed by atoms with Crippen LogP contribution in [0.25, 0.3) is 0 Å². The van der Waals surface area contributed by atoms with E-state index in [0.717, 1.165) is 19.5 Å². The lowest BCUT2D eigenvalue weighted by Crippen LogP contribution is -2.20. The van der Waals surface area contributed by atoms with Crippen LogP contribution < -0.4 is 10.1 Å². The van der Waals surface area contributed by atoms with Crippen LogP contribution in [0.4, 0.5) is 0 Å². The van der Waals surface area contributed by atoms with Gasteiger partial charge in [-0.15, -0.1) is 0 Å². The lowest BCUT2D eigenvalue weighted by atomic mass is 10.3. The molecule has 19 heavy (non-hydrogen) atoms. The van der Waals surface area contributed by atoms with Crippen LogP contribution in [0.5, 0.6) is 5.88 Å². The van der Waals surface area contributed by atoms with E-state index in [1.807, 2.05) is 0 Å². The number of nitrogens with one attached hydrogen (secondary N) is 1. The number of carbonyl (C=O) groups excluding carboxylic acids is 1. The molecule has 1 N–H and O–H groups in total. The minimum atomic E-state index is -0.546. The third-order valence-electron chi connectivity index (χ3n) is 2.59. The van der Waals surface area contributed by atoms with Gasteiger partial charge in [0.25, 0.3) is 0 Å². The SMILES string of the molecule is CCOC(=O)C#Cc1cccc(OC2CCNC2)n1. The number of hydrogen-bond acceptors (Lipinski definition) is 5. The number of ether oxygens (including phenoxy) is 2. The van der Waals surface area contributed by atoms with Crippen molar-refractivity contribution < 1.29 is 14.3 Å². The molecule has 0 spiro atoms. The highest BCUT2D eigenvalue weighted by Crippen LogP contribution is 2.12. The standard InChI is InChI=1S/C14H16N2O3/c1-2-18-14(17)7-6-11-4-3-5-13(16-11)19-12-8-9-15-10-12/h3-5,12,15H,2,8-10H2,1H3. The number of aromatic nitrogens is 1. The van der Waals surface area contributed by atoms with Gasteiger partial charge < -0.3 is 14.8 Å². The zero-order valence-corrected chi connectivity index (χ0v) is 10.8. The molecule has 1 aromatic heterocycles. The lowest BCUT2D eigenvalue weighted by Gasteiger charge is -2.10. The summed E-state index contributed by atoms with van der Waals surface area (Å²) in [4.78, 5) is 15.4. The number of carbonyl (C=O) groups is 1. The summed E-state index contributed by atoms with van der Waals surface area (Å²) in [6.45, 7) is 3.86. The van der Waals surface area contributed by atoms with Crippen LogP contribution in [0, 0.1) is 11.8 Å². The van der Waals surface area contributed by atoms with Gasteiger partial charge >= 0.3 is 5.97 Å². The molecule has 1 aliphatic rings. The normalized spacial score (nSPS) is 17.4. The highest BCUT2D eigenvalue weighted by Gasteiger charge is 2.16. The largest absolute Gasteiger partial charge is 0.473 e. The zero-order valence-electron chi connectivity index (χ0n) is 10.8. The zero-order chi connectivity index (χ0) is 13.5. The van der Waals surface area contributed by atoms with Crippen LogP contribution in [0.3, 0.4) is 0 Å². The Labute approximate surface area is 112 Å². The Kier molecular flexibility index (Phi) is 4.76. The molecule has 1 aromatic rings. The Bertz CT molecular complexity index is 499. The first-order valence-corrected chi connectivity index (χ1v) is 6.31. The first kappa shape index (κ1) is 13.4. The highest BCUT2D eigenvalue weighted by atomic mass is 16.5. The Morgan fingerprint density at radius 3 is 3.21 bits per heavy atom. The Hall–Kier alpha value is -2.06. The first-order chi connectivity index (χ1) is 9.28. The van der Waals surface area contributed by atoms with Crippen molar-refractivity contribution in [3.63, 3.8) is 0 Å². The monoisotopic (exact) mass is 260 g/mol. The van der Waals surface area contributed by atoms with Crippen molar-refractivity contribution in [3.8, 4) is 17.7 Å². The Morgan fingerprint density at radius 1 is 1.58 bits per heavy atom. The molecule has 1 fully saturated rings. The van der Waals surface area contributed by atoms with E-state index in [1.54, 1.807) is 25.1 Å². The molecule has 0 aliphatic carbocycles. The maximum atomic E-state index is 11.1. The van der Waals surface area contributed by atoms with Gasteiger partial charge in [0, 0.05) is 18.5 Å². The number of pyridine rings is 1. The fourth-order valence-electron chi connectivity index (χ4n) is 1.73. The minimum Gasteiger partial charge on any atom is -0.473 e. The second-order valence-electron chi connectivity index (χ2n) is 4.06. The summed E-state index contributed by atoms with van der Waals surface area (Å²) >= 11 is 0. The second kappa shape index (κ2) is 6.76. The first-order valence-electron chi connectivity index (χ1n) is 6.31. The van der Waals surface area contributed by atoms with Gasteiger partial charge in [0.2, 0.25) is 5.88 Å². The number of esters is 1. The minimum absolute atomic E-state index is 0.153. The maximum absolute atomic E-state index is 11.1. The molecule has 1 aliphatic heterocycles. The summed E-state index contributed by atoms with van der Waals surface area (Å²) in [6.07, 6.45) is 1.13. The number of nitrogens with zero attached hydrogens (tertiary/aromatic N) is 1. The summed E-state index contributed by atoms with van der Waals surface area (Å²) < 4.78 is 10.4. The van der Waals surface area contributed by atoms with Crippen molar-refractivity contribution in [1.82, 2.24) is 10.3 Å². The average molecular weight is 260 g/mol. The Morgan fingerprint density at radius 2 is 2.47 bits per heavy atom. The molecule has 5 heteroatoms. The molecule has 100 valence electrons. The molecule has 1 saturated heterocycles. The van der Waals surface area contributed by atoms with Crippen molar-refractivity contribution >= 4 is 5.97 Å². The van der Waals surface area contributed by atoms with E-state index in [2.05, 4.69) is 22.1 Å². The summed E-state index contributed by atoms with van der Waals surface area (Å²) in [5.41, 5.74) is 0.497. The van der Waals surface area contributed by atoms with E-state index >= 15 is 0 Å². The Balaban J connectivity index is 2.00. The molecule has 0 amide bonds. The third-order valence-corrected chi connectivity index (χ3v) is 2.59. The molecule has 1 atom stereocenters.